The third kappa shape index (κ3) is 4.57. The molecule has 3 aromatic rings. The van der Waals surface area contributed by atoms with E-state index in [0.29, 0.717) is 23.5 Å². The molecule has 0 saturated carbocycles. The lowest BCUT2D eigenvalue weighted by Gasteiger charge is -2.10. The number of hydrogen-bond donors (Lipinski definition) is 3. The molecule has 0 aliphatic rings. The molecule has 0 spiro atoms. The number of carboxylic acids is 1. The lowest BCUT2D eigenvalue weighted by molar-refractivity contribution is -0.732. The molecule has 0 bridgehead atoms. The number of nitrogens with one attached hydrogen (secondary N) is 2. The quantitative estimate of drug-likeness (QED) is 0.438. The van der Waals surface area contributed by atoms with E-state index < -0.39 is 49.8 Å². The number of anilines is 2. The molecule has 0 unspecified atom stereocenters. The predicted molar refractivity (Wildman–Crippen MR) is 98.3 cm³/mol. The summed E-state index contributed by atoms with van der Waals surface area (Å²) in [6.07, 6.45) is 3.03. The molecule has 30 heavy (non-hydrogen) atoms. The van der Waals surface area contributed by atoms with Gasteiger partial charge < -0.3 is 10.4 Å². The molecule has 0 aliphatic heterocycles. The minimum Gasteiger partial charge on any atom is -0.476 e. The van der Waals surface area contributed by atoms with Gasteiger partial charge in [0.1, 0.15) is 17.7 Å². The maximum atomic E-state index is 14.4. The number of carbonyl (C=O) groups excluding carboxylic acids is 1. The van der Waals surface area contributed by atoms with Gasteiger partial charge in [-0.05, 0) is 12.1 Å². The lowest BCUT2D eigenvalue weighted by atomic mass is 10.3. The Hall–Kier alpha value is -3.46. The third-order valence-electron chi connectivity index (χ3n) is 3.60. The Bertz CT molecular complexity index is 1220. The van der Waals surface area contributed by atoms with Gasteiger partial charge in [-0.2, -0.15) is 0 Å². The van der Waals surface area contributed by atoms with Gasteiger partial charge >= 0.3 is 5.97 Å². The number of sulfonamides is 1. The van der Waals surface area contributed by atoms with E-state index in [9.17, 15) is 26.8 Å². The summed E-state index contributed by atoms with van der Waals surface area (Å²) in [4.78, 5) is 25.7. The fourth-order valence-corrected chi connectivity index (χ4v) is 4.31. The molecule has 3 N–H and O–H groups in total. The number of aromatic carboxylic acids is 1. The zero-order valence-electron chi connectivity index (χ0n) is 15.0. The first-order valence-electron chi connectivity index (χ1n) is 7.94. The van der Waals surface area contributed by atoms with Gasteiger partial charge in [0.05, 0.1) is 15.6 Å². The summed E-state index contributed by atoms with van der Waals surface area (Å²) in [7, 11) is -2.91. The average Bonchev–Trinajstić information content (AvgIpc) is 3.26. The number of aromatic nitrogens is 4. The van der Waals surface area contributed by atoms with Gasteiger partial charge in [0, 0.05) is 0 Å². The van der Waals surface area contributed by atoms with Crippen LogP contribution in [0.25, 0.3) is 0 Å². The summed E-state index contributed by atoms with van der Waals surface area (Å²) < 4.78 is 58.1. The van der Waals surface area contributed by atoms with Crippen LogP contribution in [0.4, 0.5) is 19.5 Å². The Morgan fingerprint density at radius 1 is 1.30 bits per heavy atom. The van der Waals surface area contributed by atoms with Crippen molar-refractivity contribution in [3.8, 4) is 0 Å². The fraction of sp³-hybridized carbons (Fsp3) is 0.133. The molecule has 11 nitrogen and oxygen atoms in total. The van der Waals surface area contributed by atoms with E-state index in [1.807, 2.05) is 10.0 Å². The smallest absolute Gasteiger partial charge is 0.357 e. The normalized spacial score (nSPS) is 11.3. The van der Waals surface area contributed by atoms with Gasteiger partial charge in [0.25, 0.3) is 15.9 Å². The Labute approximate surface area is 171 Å². The largest absolute Gasteiger partial charge is 0.476 e. The van der Waals surface area contributed by atoms with E-state index in [2.05, 4.69) is 10.2 Å². The highest BCUT2D eigenvalue weighted by Crippen LogP contribution is 2.27. The summed E-state index contributed by atoms with van der Waals surface area (Å²) in [6, 6.07) is 0.993. The maximum absolute atomic E-state index is 14.4. The topological polar surface area (TPSA) is 147 Å². The number of benzene rings is 1. The summed E-state index contributed by atoms with van der Waals surface area (Å²) in [5, 5.41) is 14.6. The summed E-state index contributed by atoms with van der Waals surface area (Å²) in [5.74, 6) is -4.94. The van der Waals surface area contributed by atoms with Crippen LogP contribution in [0, 0.1) is 11.6 Å². The van der Waals surface area contributed by atoms with Crippen molar-refractivity contribution in [2.24, 2.45) is 7.05 Å². The number of thiazole rings is 1. The van der Waals surface area contributed by atoms with Crippen molar-refractivity contribution in [2.75, 3.05) is 10.0 Å². The number of nitrogens with zero attached hydrogens (tertiary/aromatic N) is 4. The van der Waals surface area contributed by atoms with Gasteiger partial charge in [-0.1, -0.05) is 0 Å². The van der Waals surface area contributed by atoms with Gasteiger partial charge in [-0.25, -0.2) is 27.0 Å². The zero-order valence-corrected chi connectivity index (χ0v) is 16.7. The van der Waals surface area contributed by atoms with Gasteiger partial charge in [-0.3, -0.25) is 9.52 Å². The first kappa shape index (κ1) is 21.3. The standard InChI is InChI=1S/C15H12F2N6O5S2/c1-22-2-3-23(21-22)6-11(24)19-12-9(16)4-8(5-10(12)17)30(27,28)20-14-13(15(25)26)18-7-29-14/h2-5,7,20H,6H2,1H3,(H-,19,24,25,26)/p+1. The minimum absolute atomic E-state index is 0.326. The molecule has 1 amide bonds. The third-order valence-corrected chi connectivity index (χ3v) is 5.80. The number of aryl methyl sites for hydroxylation is 1. The Kier molecular flexibility index (Phi) is 5.75. The monoisotopic (exact) mass is 459 g/mol. The molecule has 0 atom stereocenters. The van der Waals surface area contributed by atoms with Crippen LogP contribution in [-0.4, -0.2) is 40.3 Å². The van der Waals surface area contributed by atoms with E-state index in [1.165, 1.54) is 15.6 Å². The zero-order chi connectivity index (χ0) is 22.1. The van der Waals surface area contributed by atoms with Crippen molar-refractivity contribution in [3.05, 3.63) is 47.4 Å². The van der Waals surface area contributed by atoms with Crippen molar-refractivity contribution in [1.29, 1.82) is 0 Å². The van der Waals surface area contributed by atoms with Crippen molar-refractivity contribution in [2.45, 2.75) is 11.4 Å². The van der Waals surface area contributed by atoms with Crippen molar-refractivity contribution in [3.63, 3.8) is 0 Å². The molecule has 2 heterocycles. The van der Waals surface area contributed by atoms with Gasteiger partial charge in [0.15, 0.2) is 36.3 Å². The molecule has 3 rings (SSSR count). The number of carbonyl (C=O) groups is 2. The number of amides is 1. The van der Waals surface area contributed by atoms with E-state index in [-0.39, 0.29) is 11.5 Å². The Morgan fingerprint density at radius 3 is 2.53 bits per heavy atom. The predicted octanol–water partition coefficient (Wildman–Crippen LogP) is 0.580. The molecular formula is C15H13F2N6O5S2+. The number of carboxylic acid groups (broad SMARTS) is 1. The highest BCUT2D eigenvalue weighted by molar-refractivity contribution is 7.93. The number of hydrogen-bond acceptors (Lipinski definition) is 7. The highest BCUT2D eigenvalue weighted by atomic mass is 32.2. The first-order valence-corrected chi connectivity index (χ1v) is 10.3. The first-order chi connectivity index (χ1) is 14.1. The molecule has 0 fully saturated rings. The van der Waals surface area contributed by atoms with E-state index in [4.69, 9.17) is 5.11 Å². The summed E-state index contributed by atoms with van der Waals surface area (Å²) in [6.45, 7) is -0.329. The Balaban J connectivity index is 1.81. The van der Waals surface area contributed by atoms with Gasteiger partial charge in [0.2, 0.25) is 0 Å². The van der Waals surface area contributed by atoms with E-state index in [0.717, 1.165) is 5.51 Å². The van der Waals surface area contributed by atoms with E-state index in [1.54, 1.807) is 13.2 Å². The van der Waals surface area contributed by atoms with Crippen molar-refractivity contribution < 1.29 is 36.6 Å². The second kappa shape index (κ2) is 8.11. The van der Waals surface area contributed by atoms with Crippen LogP contribution in [0.2, 0.25) is 0 Å². The maximum Gasteiger partial charge on any atom is 0.357 e. The molecule has 2 aromatic heterocycles. The van der Waals surface area contributed by atoms with Crippen LogP contribution < -0.4 is 14.7 Å². The second-order valence-corrected chi connectivity index (χ2v) is 8.35. The number of rotatable bonds is 7. The SMILES string of the molecule is C[n+]1ccn(CC(=O)Nc2c(F)cc(S(=O)(=O)Nc3scnc3C(=O)O)cc2F)n1. The molecule has 15 heteroatoms. The molecule has 0 aliphatic carbocycles. The second-order valence-electron chi connectivity index (χ2n) is 5.81. The van der Waals surface area contributed by atoms with Crippen LogP contribution in [0.1, 0.15) is 10.5 Å². The van der Waals surface area contributed by atoms with Crippen LogP contribution in [0.15, 0.2) is 34.9 Å². The summed E-state index contributed by atoms with van der Waals surface area (Å²) >= 11 is 0.685. The van der Waals surface area contributed by atoms with Crippen LogP contribution in [0.3, 0.4) is 0 Å². The lowest BCUT2D eigenvalue weighted by Crippen LogP contribution is -2.31. The van der Waals surface area contributed by atoms with Crippen molar-refractivity contribution >= 4 is 43.9 Å². The summed E-state index contributed by atoms with van der Waals surface area (Å²) in [5.41, 5.74) is -0.291. The molecule has 0 radical (unpaired) electrons. The molecular weight excluding hydrogens is 446 g/mol. The minimum atomic E-state index is -4.53. The highest BCUT2D eigenvalue weighted by Gasteiger charge is 2.24. The average molecular weight is 459 g/mol. The van der Waals surface area contributed by atoms with Crippen LogP contribution in [-0.2, 0) is 28.4 Å². The molecule has 0 saturated heterocycles. The van der Waals surface area contributed by atoms with Crippen LogP contribution in [0.5, 0.6) is 0 Å². The van der Waals surface area contributed by atoms with Gasteiger partial charge in [-0.15, -0.1) is 20.7 Å². The van der Waals surface area contributed by atoms with Crippen molar-refractivity contribution in [1.82, 2.24) is 14.9 Å². The molecule has 158 valence electrons. The van der Waals surface area contributed by atoms with Crippen LogP contribution >= 0.6 is 11.3 Å². The molecule has 1 aromatic carbocycles. The van der Waals surface area contributed by atoms with E-state index >= 15 is 0 Å². The number of halogens is 2. The Morgan fingerprint density at radius 2 is 1.97 bits per heavy atom. The fourth-order valence-electron chi connectivity index (χ4n) is 2.30.